The molecule has 7 rings (SSSR count). The number of rotatable bonds is 13. The number of benzene rings is 5. The Hall–Kier alpha value is -3.75. The smallest absolute Gasteiger partial charge is 0.346 e. The maximum absolute atomic E-state index is 13.7. The number of amides is 2. The lowest BCUT2D eigenvalue weighted by Crippen LogP contribution is -2.41. The number of nitrogens with zero attached hydrogens (tertiary/aromatic N) is 1. The molecule has 0 saturated carbocycles. The Kier molecular flexibility index (Phi) is 8.98. The van der Waals surface area contributed by atoms with Gasteiger partial charge < -0.3 is 24.7 Å². The third-order valence-corrected chi connectivity index (χ3v) is 8.39. The number of imide groups is 1. The highest BCUT2D eigenvalue weighted by atomic mass is 127. The van der Waals surface area contributed by atoms with Crippen molar-refractivity contribution < 1.29 is 38.1 Å². The third-order valence-electron chi connectivity index (χ3n) is 8.39. The van der Waals surface area contributed by atoms with Crippen LogP contribution in [0.25, 0.3) is 43.1 Å². The molecule has 0 fully saturated rings. The van der Waals surface area contributed by atoms with Gasteiger partial charge in [-0.1, -0.05) is 24.3 Å². The van der Waals surface area contributed by atoms with Crippen LogP contribution in [0.4, 0.5) is 0 Å². The summed E-state index contributed by atoms with van der Waals surface area (Å²) in [6.45, 7) is 3.68. The minimum Gasteiger partial charge on any atom is -0.386 e. The van der Waals surface area contributed by atoms with E-state index < -0.39 is 11.9 Å². The molecule has 0 unspecified atom stereocenters. The zero-order chi connectivity index (χ0) is 30.4. The average molecular weight is 723 g/mol. The zero-order valence-corrected chi connectivity index (χ0v) is 26.7. The minimum atomic E-state index is -0.669. The van der Waals surface area contributed by atoms with Gasteiger partial charge in [-0.3, -0.25) is 14.5 Å². The summed E-state index contributed by atoms with van der Waals surface area (Å²) in [6.07, 6.45) is 1.32. The van der Waals surface area contributed by atoms with E-state index in [2.05, 4.69) is 0 Å². The fourth-order valence-electron chi connectivity index (χ4n) is 6.42. The van der Waals surface area contributed by atoms with Gasteiger partial charge in [-0.25, -0.2) is 9.59 Å². The van der Waals surface area contributed by atoms with Gasteiger partial charge in [0.25, 0.3) is 11.8 Å². The second-order valence-electron chi connectivity index (χ2n) is 10.9. The van der Waals surface area contributed by atoms with Crippen LogP contribution in [0.15, 0.2) is 48.5 Å². The normalized spacial score (nSPS) is 14.3. The van der Waals surface area contributed by atoms with Gasteiger partial charge in [0, 0.05) is 41.7 Å². The Morgan fingerprint density at radius 2 is 0.933 bits per heavy atom. The molecule has 5 aromatic rings. The third kappa shape index (κ3) is 5.22. The largest absolute Gasteiger partial charge is 0.386 e. The molecule has 0 spiro atoms. The first kappa shape index (κ1) is 31.2. The van der Waals surface area contributed by atoms with Crippen molar-refractivity contribution in [2.75, 3.05) is 52.7 Å². The molecule has 45 heavy (non-hydrogen) atoms. The van der Waals surface area contributed by atoms with E-state index in [1.165, 1.54) is 4.90 Å². The van der Waals surface area contributed by atoms with Crippen LogP contribution in [0.3, 0.4) is 0 Å². The summed E-state index contributed by atoms with van der Waals surface area (Å²) in [5.41, 5.74) is 7.05. The number of hydrogen-bond donors (Lipinski definition) is 1. The molecule has 0 bridgehead atoms. The van der Waals surface area contributed by atoms with Crippen LogP contribution in [0.2, 0.25) is 0 Å². The van der Waals surface area contributed by atoms with Gasteiger partial charge in [-0.2, -0.15) is 0 Å². The second-order valence-corrected chi connectivity index (χ2v) is 10.9. The lowest BCUT2D eigenvalue weighted by molar-refractivity contribution is 0.0130. The highest BCUT2D eigenvalue weighted by Gasteiger charge is 2.35. The van der Waals surface area contributed by atoms with E-state index in [4.69, 9.17) is 24.7 Å². The van der Waals surface area contributed by atoms with Crippen LogP contribution in [-0.2, 0) is 18.9 Å². The molecular weight excluding hydrogens is 691 g/mol. The van der Waals surface area contributed by atoms with Gasteiger partial charge in [-0.15, -0.1) is 24.0 Å². The van der Waals surface area contributed by atoms with E-state index in [9.17, 15) is 19.2 Å². The molecule has 10 nitrogen and oxygen atoms in total. The molecule has 2 aliphatic rings. The molecule has 232 valence electrons. The van der Waals surface area contributed by atoms with Gasteiger partial charge in [0.05, 0.1) is 37.6 Å². The number of esters is 2. The van der Waals surface area contributed by atoms with Crippen LogP contribution in [0, 0.1) is 0 Å². The summed E-state index contributed by atoms with van der Waals surface area (Å²) in [7, 11) is 0. The second kappa shape index (κ2) is 12.9. The van der Waals surface area contributed by atoms with Gasteiger partial charge >= 0.3 is 11.9 Å². The molecular formula is C34H31IN2O8. The summed E-state index contributed by atoms with van der Waals surface area (Å²) in [6, 6.07) is 14.3. The lowest BCUT2D eigenvalue weighted by atomic mass is 9.83. The van der Waals surface area contributed by atoms with Gasteiger partial charge in [-0.05, 0) is 76.0 Å². The van der Waals surface area contributed by atoms with Crippen molar-refractivity contribution in [1.29, 1.82) is 0 Å². The monoisotopic (exact) mass is 722 g/mol. The number of nitrogens with two attached hydrogens (primary N) is 1. The van der Waals surface area contributed by atoms with E-state index in [0.717, 1.165) is 38.7 Å². The SMILES string of the molecule is I.NCCCOCCOCCOCCCN1C(=O)c2ccc3c4ccc5c6c(ccc(c7ccc(c2c37)C1=O)c64)C(=O)OC5=O. The molecule has 0 saturated heterocycles. The van der Waals surface area contributed by atoms with Crippen LogP contribution in [-0.4, -0.2) is 81.4 Å². The summed E-state index contributed by atoms with van der Waals surface area (Å²) < 4.78 is 21.5. The number of carbonyl (C=O) groups is 4. The summed E-state index contributed by atoms with van der Waals surface area (Å²) in [5.74, 6) is -2.02. The van der Waals surface area contributed by atoms with Gasteiger partial charge in [0.2, 0.25) is 0 Å². The van der Waals surface area contributed by atoms with Crippen molar-refractivity contribution in [2.24, 2.45) is 5.73 Å². The lowest BCUT2D eigenvalue weighted by Gasteiger charge is -2.28. The van der Waals surface area contributed by atoms with Crippen molar-refractivity contribution in [1.82, 2.24) is 4.90 Å². The molecule has 2 amide bonds. The fraction of sp³-hybridized carbons (Fsp3) is 0.294. The summed E-state index contributed by atoms with van der Waals surface area (Å²) >= 11 is 0. The Balaban J connectivity index is 0.00000357. The fourth-order valence-corrected chi connectivity index (χ4v) is 6.42. The van der Waals surface area contributed by atoms with Gasteiger partial charge in [0.1, 0.15) is 0 Å². The Morgan fingerprint density at radius 1 is 0.533 bits per heavy atom. The predicted octanol–water partition coefficient (Wildman–Crippen LogP) is 5.05. The van der Waals surface area contributed by atoms with Gasteiger partial charge in [0.15, 0.2) is 0 Å². The topological polar surface area (TPSA) is 134 Å². The first-order chi connectivity index (χ1) is 21.5. The van der Waals surface area contributed by atoms with Crippen molar-refractivity contribution >= 4 is 90.8 Å². The highest BCUT2D eigenvalue weighted by Crippen LogP contribution is 2.45. The Labute approximate surface area is 275 Å². The maximum atomic E-state index is 13.7. The summed E-state index contributed by atoms with van der Waals surface area (Å²) in [4.78, 5) is 53.7. The summed E-state index contributed by atoms with van der Waals surface area (Å²) in [5, 5.41) is 6.15. The average Bonchev–Trinajstić information content (AvgIpc) is 3.03. The molecule has 0 aromatic heterocycles. The van der Waals surface area contributed by atoms with E-state index in [1.807, 2.05) is 24.3 Å². The van der Waals surface area contributed by atoms with E-state index >= 15 is 0 Å². The van der Waals surface area contributed by atoms with Crippen LogP contribution in [0.1, 0.15) is 54.3 Å². The first-order valence-corrected chi connectivity index (χ1v) is 14.8. The van der Waals surface area contributed by atoms with Crippen molar-refractivity contribution in [3.63, 3.8) is 0 Å². The highest BCUT2D eigenvalue weighted by molar-refractivity contribution is 14.0. The molecule has 0 radical (unpaired) electrons. The van der Waals surface area contributed by atoms with E-state index in [0.29, 0.717) is 85.6 Å². The Morgan fingerprint density at radius 3 is 1.40 bits per heavy atom. The van der Waals surface area contributed by atoms with Crippen molar-refractivity contribution in [3.8, 4) is 0 Å². The maximum Gasteiger partial charge on any atom is 0.346 e. The molecule has 2 N–H and O–H groups in total. The molecule has 2 heterocycles. The first-order valence-electron chi connectivity index (χ1n) is 14.8. The number of carbonyl (C=O) groups excluding carboxylic acids is 4. The Bertz CT molecular complexity index is 1870. The molecule has 0 aliphatic carbocycles. The zero-order valence-electron chi connectivity index (χ0n) is 24.4. The van der Waals surface area contributed by atoms with Crippen molar-refractivity contribution in [3.05, 3.63) is 70.8 Å². The number of fused-ring (bicyclic) bond motifs is 2. The standard InChI is InChI=1S/C34H30N2O8.HI/c35-11-1-13-41-15-17-43-18-16-42-14-2-12-36-31(37)23-7-3-19-21-5-9-25-30-26(34(40)44-33(25)39)10-6-22(28(21)30)20-4-8-24(32(36)38)29(23)27(19)20;/h3-10H,1-2,11-18,35H2;1H. The van der Waals surface area contributed by atoms with Crippen LogP contribution in [0.5, 0.6) is 0 Å². The predicted molar refractivity (Wildman–Crippen MR) is 179 cm³/mol. The number of hydrogen-bond acceptors (Lipinski definition) is 9. The molecule has 11 heteroatoms. The number of ether oxygens (including phenoxy) is 4. The molecule has 2 aliphatic heterocycles. The van der Waals surface area contributed by atoms with E-state index in [1.54, 1.807) is 24.3 Å². The number of cyclic esters (lactones) is 2. The van der Waals surface area contributed by atoms with Crippen molar-refractivity contribution in [2.45, 2.75) is 12.8 Å². The molecule has 0 atom stereocenters. The van der Waals surface area contributed by atoms with Crippen LogP contribution >= 0.6 is 24.0 Å². The number of halogens is 1. The quantitative estimate of drug-likeness (QED) is 0.0337. The van der Waals surface area contributed by atoms with E-state index in [-0.39, 0.29) is 42.3 Å². The minimum absolute atomic E-state index is 0. The molecule has 5 aromatic carbocycles. The van der Waals surface area contributed by atoms with Crippen LogP contribution < -0.4 is 5.73 Å².